The van der Waals surface area contributed by atoms with Gasteiger partial charge in [-0.2, -0.15) is 0 Å². The van der Waals surface area contributed by atoms with Gasteiger partial charge in [0.1, 0.15) is 0 Å². The summed E-state index contributed by atoms with van der Waals surface area (Å²) in [5, 5.41) is 0. The van der Waals surface area contributed by atoms with Crippen LogP contribution in [0.25, 0.3) is 0 Å². The molecule has 0 aliphatic heterocycles. The van der Waals surface area contributed by atoms with Crippen molar-refractivity contribution in [3.63, 3.8) is 0 Å². The second-order valence-electron chi connectivity index (χ2n) is 3.45. The Bertz CT molecular complexity index is 337. The lowest BCUT2D eigenvalue weighted by atomic mass is 10.2. The maximum absolute atomic E-state index is 12.1. The number of carbonyl (C=O) groups excluding carboxylic acids is 1. The van der Waals surface area contributed by atoms with Gasteiger partial charge in [0.05, 0.1) is 8.66 Å². The highest BCUT2D eigenvalue weighted by Crippen LogP contribution is 2.24. The summed E-state index contributed by atoms with van der Waals surface area (Å²) >= 11 is 4.87. The molecule has 0 fully saturated rings. The summed E-state index contributed by atoms with van der Waals surface area (Å²) in [6.45, 7) is 6.98. The van der Waals surface area contributed by atoms with E-state index < -0.39 is 0 Å². The lowest BCUT2D eigenvalue weighted by molar-refractivity contribution is 0.0705. The van der Waals surface area contributed by atoms with Crippen LogP contribution in [0.2, 0.25) is 0 Å². The quantitative estimate of drug-likeness (QED) is 0.826. The average molecular weight is 290 g/mol. The Labute approximate surface area is 103 Å². The molecule has 0 aliphatic carbocycles. The van der Waals surface area contributed by atoms with E-state index in [1.807, 2.05) is 24.0 Å². The first-order valence-corrected chi connectivity index (χ1v) is 6.77. The molecule has 0 aliphatic rings. The van der Waals surface area contributed by atoms with Crippen LogP contribution in [0.5, 0.6) is 0 Å². The molecular weight excluding hydrogens is 274 g/mol. The highest BCUT2D eigenvalue weighted by atomic mass is 79.9. The van der Waals surface area contributed by atoms with Crippen molar-refractivity contribution in [3.05, 3.63) is 20.8 Å². The van der Waals surface area contributed by atoms with Crippen molar-refractivity contribution in [2.75, 3.05) is 6.54 Å². The van der Waals surface area contributed by atoms with E-state index in [1.165, 1.54) is 11.3 Å². The average Bonchev–Trinajstić information content (AvgIpc) is 2.65. The number of nitrogens with zero attached hydrogens (tertiary/aromatic N) is 1. The van der Waals surface area contributed by atoms with Gasteiger partial charge in [-0.15, -0.1) is 11.3 Å². The van der Waals surface area contributed by atoms with Crippen LogP contribution < -0.4 is 0 Å². The number of hydrogen-bond acceptors (Lipinski definition) is 2. The third kappa shape index (κ3) is 3.05. The largest absolute Gasteiger partial charge is 0.336 e. The van der Waals surface area contributed by atoms with Gasteiger partial charge in [-0.05, 0) is 48.3 Å². The number of carbonyl (C=O) groups is 1. The van der Waals surface area contributed by atoms with Crippen molar-refractivity contribution in [3.8, 4) is 0 Å². The molecule has 4 heteroatoms. The zero-order valence-corrected chi connectivity index (χ0v) is 11.7. The summed E-state index contributed by atoms with van der Waals surface area (Å²) < 4.78 is 1.01. The van der Waals surface area contributed by atoms with Crippen molar-refractivity contribution in [1.82, 2.24) is 4.90 Å². The normalized spacial score (nSPS) is 12.5. The first-order chi connectivity index (χ1) is 7.10. The number of rotatable bonds is 4. The fourth-order valence-electron chi connectivity index (χ4n) is 1.45. The van der Waals surface area contributed by atoms with Crippen LogP contribution in [0.3, 0.4) is 0 Å². The van der Waals surface area contributed by atoms with E-state index in [2.05, 4.69) is 29.8 Å². The van der Waals surface area contributed by atoms with Crippen molar-refractivity contribution in [2.24, 2.45) is 0 Å². The Kier molecular flexibility index (Phi) is 4.80. The molecule has 1 aromatic heterocycles. The Hall–Kier alpha value is -0.350. The van der Waals surface area contributed by atoms with Gasteiger partial charge >= 0.3 is 0 Å². The molecule has 0 saturated heterocycles. The highest BCUT2D eigenvalue weighted by molar-refractivity contribution is 9.11. The van der Waals surface area contributed by atoms with Crippen LogP contribution >= 0.6 is 27.3 Å². The van der Waals surface area contributed by atoms with Gasteiger partial charge in [-0.3, -0.25) is 4.79 Å². The molecule has 1 aromatic rings. The number of amides is 1. The summed E-state index contributed by atoms with van der Waals surface area (Å²) in [5.74, 6) is 0.141. The minimum atomic E-state index is 0.141. The Morgan fingerprint density at radius 1 is 1.53 bits per heavy atom. The predicted molar refractivity (Wildman–Crippen MR) is 68.5 cm³/mol. The lowest BCUT2D eigenvalue weighted by Gasteiger charge is -2.26. The maximum Gasteiger partial charge on any atom is 0.264 e. The zero-order chi connectivity index (χ0) is 11.4. The van der Waals surface area contributed by atoms with Crippen molar-refractivity contribution < 1.29 is 4.79 Å². The fourth-order valence-corrected chi connectivity index (χ4v) is 2.79. The van der Waals surface area contributed by atoms with Crippen LogP contribution in [-0.2, 0) is 0 Å². The fraction of sp³-hybridized carbons (Fsp3) is 0.545. The van der Waals surface area contributed by atoms with Crippen LogP contribution in [0.4, 0.5) is 0 Å². The van der Waals surface area contributed by atoms with Gasteiger partial charge in [-0.1, -0.05) is 6.92 Å². The van der Waals surface area contributed by atoms with Crippen LogP contribution in [0, 0.1) is 0 Å². The van der Waals surface area contributed by atoms with Gasteiger partial charge in [0.2, 0.25) is 0 Å². The van der Waals surface area contributed by atoms with Gasteiger partial charge < -0.3 is 4.90 Å². The third-order valence-electron chi connectivity index (χ3n) is 2.51. The van der Waals surface area contributed by atoms with Crippen LogP contribution in [0.1, 0.15) is 36.9 Å². The second kappa shape index (κ2) is 5.66. The highest BCUT2D eigenvalue weighted by Gasteiger charge is 2.19. The number of hydrogen-bond donors (Lipinski definition) is 0. The van der Waals surface area contributed by atoms with E-state index in [4.69, 9.17) is 0 Å². The summed E-state index contributed by atoms with van der Waals surface area (Å²) in [6, 6.07) is 4.10. The molecule has 1 unspecified atom stereocenters. The zero-order valence-electron chi connectivity index (χ0n) is 9.29. The van der Waals surface area contributed by atoms with E-state index in [-0.39, 0.29) is 5.91 Å². The van der Waals surface area contributed by atoms with Gasteiger partial charge in [0, 0.05) is 12.6 Å². The second-order valence-corrected chi connectivity index (χ2v) is 5.92. The predicted octanol–water partition coefficient (Wildman–Crippen LogP) is 3.77. The lowest BCUT2D eigenvalue weighted by Crippen LogP contribution is -2.37. The maximum atomic E-state index is 12.1. The minimum Gasteiger partial charge on any atom is -0.336 e. The van der Waals surface area contributed by atoms with Crippen LogP contribution in [0.15, 0.2) is 15.9 Å². The Morgan fingerprint density at radius 2 is 2.20 bits per heavy atom. The Balaban J connectivity index is 2.82. The van der Waals surface area contributed by atoms with Gasteiger partial charge in [0.25, 0.3) is 5.91 Å². The molecule has 1 heterocycles. The molecule has 0 aromatic carbocycles. The molecular formula is C11H16BrNOS. The molecule has 15 heavy (non-hydrogen) atoms. The molecule has 0 N–H and O–H groups in total. The standard InChI is InChI=1S/C11H16BrNOS/c1-4-8(3)13(5-2)11(14)9-6-7-10(12)15-9/h6-8H,4-5H2,1-3H3. The summed E-state index contributed by atoms with van der Waals surface area (Å²) in [7, 11) is 0. The van der Waals surface area contributed by atoms with Crippen molar-refractivity contribution in [2.45, 2.75) is 33.2 Å². The molecule has 0 radical (unpaired) electrons. The first kappa shape index (κ1) is 12.7. The molecule has 1 rings (SSSR count). The number of thiophene rings is 1. The minimum absolute atomic E-state index is 0.141. The third-order valence-corrected chi connectivity index (χ3v) is 4.12. The molecule has 84 valence electrons. The SMILES string of the molecule is CCC(C)N(CC)C(=O)c1ccc(Br)s1. The Morgan fingerprint density at radius 3 is 2.60 bits per heavy atom. The van der Waals surface area contributed by atoms with E-state index in [0.29, 0.717) is 6.04 Å². The molecule has 0 bridgehead atoms. The summed E-state index contributed by atoms with van der Waals surface area (Å²) in [6.07, 6.45) is 0.992. The first-order valence-electron chi connectivity index (χ1n) is 5.16. The summed E-state index contributed by atoms with van der Waals surface area (Å²) in [5.41, 5.74) is 0. The van der Waals surface area contributed by atoms with E-state index in [0.717, 1.165) is 21.6 Å². The molecule has 2 nitrogen and oxygen atoms in total. The topological polar surface area (TPSA) is 20.3 Å². The van der Waals surface area contributed by atoms with E-state index in [9.17, 15) is 4.79 Å². The van der Waals surface area contributed by atoms with Gasteiger partial charge in [0.15, 0.2) is 0 Å². The monoisotopic (exact) mass is 289 g/mol. The molecule has 0 saturated carbocycles. The van der Waals surface area contributed by atoms with Crippen molar-refractivity contribution in [1.29, 1.82) is 0 Å². The van der Waals surface area contributed by atoms with Crippen molar-refractivity contribution >= 4 is 33.2 Å². The molecule has 1 atom stereocenters. The number of halogens is 1. The van der Waals surface area contributed by atoms with Gasteiger partial charge in [-0.25, -0.2) is 0 Å². The van der Waals surface area contributed by atoms with Crippen LogP contribution in [-0.4, -0.2) is 23.4 Å². The van der Waals surface area contributed by atoms with E-state index in [1.54, 1.807) is 0 Å². The molecule has 1 amide bonds. The van der Waals surface area contributed by atoms with E-state index >= 15 is 0 Å². The molecule has 0 spiro atoms. The summed E-state index contributed by atoms with van der Waals surface area (Å²) in [4.78, 5) is 14.8. The smallest absolute Gasteiger partial charge is 0.264 e.